The van der Waals surface area contributed by atoms with Crippen molar-refractivity contribution in [2.45, 2.75) is 13.8 Å². The third-order valence-electron chi connectivity index (χ3n) is 4.40. The van der Waals surface area contributed by atoms with E-state index in [4.69, 9.17) is 27.6 Å². The number of aliphatic imine (C=N–C) groups is 1. The molecule has 28 heavy (non-hydrogen) atoms. The molecule has 0 amide bonds. The predicted molar refractivity (Wildman–Crippen MR) is 114 cm³/mol. The topological polar surface area (TPSA) is 58.6 Å². The normalized spacial score (nSPS) is 11.6. The molecule has 1 heterocycles. The van der Waals surface area contributed by atoms with Gasteiger partial charge in [0.2, 0.25) is 5.89 Å². The van der Waals surface area contributed by atoms with Crippen LogP contribution in [0.25, 0.3) is 22.6 Å². The smallest absolute Gasteiger partial charge is 0.227 e. The van der Waals surface area contributed by atoms with Gasteiger partial charge in [-0.25, -0.2) is 4.98 Å². The van der Waals surface area contributed by atoms with Gasteiger partial charge >= 0.3 is 0 Å². The molecule has 140 valence electrons. The Kier molecular flexibility index (Phi) is 4.84. The molecule has 3 aromatic carbocycles. The molecule has 0 radical (unpaired) electrons. The van der Waals surface area contributed by atoms with Crippen molar-refractivity contribution < 1.29 is 9.52 Å². The first-order valence-corrected chi connectivity index (χ1v) is 9.36. The van der Waals surface area contributed by atoms with Gasteiger partial charge in [-0.2, -0.15) is 0 Å². The van der Waals surface area contributed by atoms with E-state index in [1.54, 1.807) is 6.07 Å². The first-order chi connectivity index (χ1) is 13.4. The van der Waals surface area contributed by atoms with Gasteiger partial charge in [-0.3, -0.25) is 4.99 Å². The van der Waals surface area contributed by atoms with Gasteiger partial charge in [0, 0.05) is 22.4 Å². The summed E-state index contributed by atoms with van der Waals surface area (Å²) in [6.45, 7) is 3.97. The molecule has 0 aliphatic heterocycles. The molecule has 0 aliphatic rings. The molecule has 0 spiro atoms. The molecule has 4 aromatic rings. The Morgan fingerprint density at radius 2 is 1.86 bits per heavy atom. The summed E-state index contributed by atoms with van der Waals surface area (Å²) in [4.78, 5) is 9.08. The summed E-state index contributed by atoms with van der Waals surface area (Å²) in [5, 5.41) is 10.7. The van der Waals surface area contributed by atoms with Crippen LogP contribution in [0.5, 0.6) is 5.75 Å². The number of phenols is 1. The van der Waals surface area contributed by atoms with Gasteiger partial charge in [-0.1, -0.05) is 35.3 Å². The van der Waals surface area contributed by atoms with Crippen LogP contribution in [0.15, 0.2) is 57.9 Å². The molecule has 0 aliphatic carbocycles. The van der Waals surface area contributed by atoms with Crippen LogP contribution in [-0.4, -0.2) is 16.3 Å². The molecule has 0 saturated heterocycles. The van der Waals surface area contributed by atoms with E-state index in [0.29, 0.717) is 16.5 Å². The highest BCUT2D eigenvalue weighted by molar-refractivity contribution is 6.36. The van der Waals surface area contributed by atoms with Crippen LogP contribution in [-0.2, 0) is 0 Å². The van der Waals surface area contributed by atoms with Crippen LogP contribution in [0.1, 0.15) is 16.7 Å². The Morgan fingerprint density at radius 1 is 1.04 bits per heavy atom. The number of fused-ring (bicyclic) bond motifs is 1. The number of hydrogen-bond donors (Lipinski definition) is 1. The summed E-state index contributed by atoms with van der Waals surface area (Å²) in [5.74, 6) is 0.476. The van der Waals surface area contributed by atoms with E-state index in [1.807, 2.05) is 50.2 Å². The predicted octanol–water partition coefficient (Wildman–Crippen LogP) is 6.87. The van der Waals surface area contributed by atoms with Gasteiger partial charge in [-0.05, 0) is 61.4 Å². The number of hydrogen-bond acceptors (Lipinski definition) is 4. The second-order valence-corrected chi connectivity index (χ2v) is 7.42. The number of nitrogens with zero attached hydrogens (tertiary/aromatic N) is 2. The van der Waals surface area contributed by atoms with Crippen molar-refractivity contribution in [1.82, 2.24) is 4.98 Å². The molecule has 0 atom stereocenters. The maximum absolute atomic E-state index is 10.1. The molecule has 4 nitrogen and oxygen atoms in total. The molecule has 0 fully saturated rings. The lowest BCUT2D eigenvalue weighted by Gasteiger charge is -2.04. The summed E-state index contributed by atoms with van der Waals surface area (Å²) >= 11 is 12.0. The van der Waals surface area contributed by atoms with E-state index in [2.05, 4.69) is 9.98 Å². The SMILES string of the molecule is Cc1ccc2oc(-c3ccc(C)c(N=Cc4cc(Cl)cc(Cl)c4O)c3)nc2c1. The zero-order valence-corrected chi connectivity index (χ0v) is 16.7. The molecular weight excluding hydrogens is 395 g/mol. The van der Waals surface area contributed by atoms with Crippen LogP contribution >= 0.6 is 23.2 Å². The van der Waals surface area contributed by atoms with Gasteiger partial charge < -0.3 is 9.52 Å². The van der Waals surface area contributed by atoms with Crippen molar-refractivity contribution in [2.24, 2.45) is 4.99 Å². The summed E-state index contributed by atoms with van der Waals surface area (Å²) in [6, 6.07) is 14.8. The zero-order valence-electron chi connectivity index (χ0n) is 15.2. The van der Waals surface area contributed by atoms with E-state index in [0.717, 1.165) is 33.5 Å². The molecule has 1 aromatic heterocycles. The minimum Gasteiger partial charge on any atom is -0.506 e. The maximum atomic E-state index is 10.1. The quantitative estimate of drug-likeness (QED) is 0.374. The first-order valence-electron chi connectivity index (χ1n) is 8.61. The number of aromatic nitrogens is 1. The molecule has 1 N–H and O–H groups in total. The second-order valence-electron chi connectivity index (χ2n) is 6.58. The van der Waals surface area contributed by atoms with E-state index in [-0.39, 0.29) is 10.8 Å². The van der Waals surface area contributed by atoms with Crippen molar-refractivity contribution in [3.8, 4) is 17.2 Å². The largest absolute Gasteiger partial charge is 0.506 e. The average Bonchev–Trinajstić information content (AvgIpc) is 3.07. The molecule has 6 heteroatoms. The Balaban J connectivity index is 1.73. The van der Waals surface area contributed by atoms with Crippen molar-refractivity contribution in [3.63, 3.8) is 0 Å². The van der Waals surface area contributed by atoms with E-state index >= 15 is 0 Å². The van der Waals surface area contributed by atoms with Crippen LogP contribution < -0.4 is 0 Å². The van der Waals surface area contributed by atoms with Crippen LogP contribution in [0.2, 0.25) is 10.0 Å². The third-order valence-corrected chi connectivity index (χ3v) is 4.91. The van der Waals surface area contributed by atoms with Crippen molar-refractivity contribution >= 4 is 46.2 Å². The van der Waals surface area contributed by atoms with E-state index < -0.39 is 0 Å². The summed E-state index contributed by atoms with van der Waals surface area (Å²) in [6.07, 6.45) is 1.54. The fourth-order valence-corrected chi connectivity index (χ4v) is 3.37. The summed E-state index contributed by atoms with van der Waals surface area (Å²) < 4.78 is 5.88. The second kappa shape index (κ2) is 7.30. The summed E-state index contributed by atoms with van der Waals surface area (Å²) in [7, 11) is 0. The monoisotopic (exact) mass is 410 g/mol. The lowest BCUT2D eigenvalue weighted by atomic mass is 10.1. The Labute approximate surface area is 172 Å². The molecule has 0 bridgehead atoms. The van der Waals surface area contributed by atoms with Gasteiger partial charge in [0.1, 0.15) is 11.3 Å². The number of oxazole rings is 1. The fraction of sp³-hybridized carbons (Fsp3) is 0.0909. The highest BCUT2D eigenvalue weighted by Gasteiger charge is 2.11. The van der Waals surface area contributed by atoms with Crippen molar-refractivity contribution in [1.29, 1.82) is 0 Å². The van der Waals surface area contributed by atoms with Crippen molar-refractivity contribution in [2.75, 3.05) is 0 Å². The minimum atomic E-state index is -0.0575. The fourth-order valence-electron chi connectivity index (χ4n) is 2.87. The lowest BCUT2D eigenvalue weighted by Crippen LogP contribution is -1.85. The van der Waals surface area contributed by atoms with Crippen LogP contribution in [0.4, 0.5) is 5.69 Å². The number of halogens is 2. The first kappa shape index (κ1) is 18.5. The number of rotatable bonds is 3. The van der Waals surface area contributed by atoms with Crippen molar-refractivity contribution in [3.05, 3.63) is 75.3 Å². The number of benzene rings is 3. The van der Waals surface area contributed by atoms with E-state index in [1.165, 1.54) is 12.3 Å². The lowest BCUT2D eigenvalue weighted by molar-refractivity contribution is 0.475. The zero-order chi connectivity index (χ0) is 19.8. The number of aromatic hydroxyl groups is 1. The minimum absolute atomic E-state index is 0.0575. The van der Waals surface area contributed by atoms with Gasteiger partial charge in [-0.15, -0.1) is 0 Å². The molecule has 0 saturated carbocycles. The molecule has 4 rings (SSSR count). The van der Waals surface area contributed by atoms with Gasteiger partial charge in [0.15, 0.2) is 5.58 Å². The standard InChI is InChI=1S/C22H16Cl2N2O2/c1-12-3-6-20-19(7-12)26-22(28-20)14-5-4-13(2)18(9-14)25-11-15-8-16(23)10-17(24)21(15)27/h3-11,27H,1-2H3. The van der Waals surface area contributed by atoms with Crippen LogP contribution in [0, 0.1) is 13.8 Å². The average molecular weight is 411 g/mol. The third kappa shape index (κ3) is 3.61. The summed E-state index contributed by atoms with van der Waals surface area (Å²) in [5.41, 5.74) is 5.65. The highest BCUT2D eigenvalue weighted by atomic mass is 35.5. The number of phenolic OH excluding ortho intramolecular Hbond substituents is 1. The van der Waals surface area contributed by atoms with Gasteiger partial charge in [0.05, 0.1) is 10.7 Å². The Hall–Kier alpha value is -2.82. The molecular formula is C22H16Cl2N2O2. The Morgan fingerprint density at radius 3 is 2.68 bits per heavy atom. The van der Waals surface area contributed by atoms with E-state index in [9.17, 15) is 5.11 Å². The maximum Gasteiger partial charge on any atom is 0.227 e. The number of aryl methyl sites for hydroxylation is 2. The molecule has 0 unspecified atom stereocenters. The highest BCUT2D eigenvalue weighted by Crippen LogP contribution is 2.32. The van der Waals surface area contributed by atoms with Crippen LogP contribution in [0.3, 0.4) is 0 Å². The van der Waals surface area contributed by atoms with Gasteiger partial charge in [0.25, 0.3) is 0 Å². The Bertz CT molecular complexity index is 1230.